The standard InChI is InChI=1S/C19H22N4O2.HI/c1-20-19(21-13-15-7-9-18(10-8-15)23(24)25)22-12-11-17(14-22)16-5-3-2-4-6-16;/h2-10,17H,11-14H2,1H3,(H,20,21);1H. The highest BCUT2D eigenvalue weighted by atomic mass is 127. The number of hydrogen-bond acceptors (Lipinski definition) is 3. The second kappa shape index (κ2) is 9.51. The Labute approximate surface area is 170 Å². The Bertz CT molecular complexity index is 750. The highest BCUT2D eigenvalue weighted by molar-refractivity contribution is 14.0. The molecular formula is C19H23IN4O2. The van der Waals surface area contributed by atoms with Crippen molar-refractivity contribution in [1.29, 1.82) is 0 Å². The highest BCUT2D eigenvalue weighted by Gasteiger charge is 2.25. The molecule has 1 unspecified atom stereocenters. The first-order valence-corrected chi connectivity index (χ1v) is 8.41. The number of nitrogens with zero attached hydrogens (tertiary/aromatic N) is 3. The van der Waals surface area contributed by atoms with E-state index >= 15 is 0 Å². The Morgan fingerprint density at radius 3 is 2.54 bits per heavy atom. The highest BCUT2D eigenvalue weighted by Crippen LogP contribution is 2.26. The first-order chi connectivity index (χ1) is 12.2. The van der Waals surface area contributed by atoms with Gasteiger partial charge in [-0.1, -0.05) is 42.5 Å². The van der Waals surface area contributed by atoms with Crippen molar-refractivity contribution in [2.24, 2.45) is 4.99 Å². The van der Waals surface area contributed by atoms with Crippen LogP contribution in [0.25, 0.3) is 0 Å². The van der Waals surface area contributed by atoms with Crippen LogP contribution in [0.15, 0.2) is 59.6 Å². The number of guanidine groups is 1. The van der Waals surface area contributed by atoms with Crippen LogP contribution < -0.4 is 5.32 Å². The molecule has 6 nitrogen and oxygen atoms in total. The summed E-state index contributed by atoms with van der Waals surface area (Å²) in [6, 6.07) is 17.2. The zero-order chi connectivity index (χ0) is 17.6. The molecule has 0 spiro atoms. The van der Waals surface area contributed by atoms with Crippen molar-refractivity contribution in [3.8, 4) is 0 Å². The third kappa shape index (κ3) is 4.94. The van der Waals surface area contributed by atoms with E-state index in [1.165, 1.54) is 17.7 Å². The minimum absolute atomic E-state index is 0. The van der Waals surface area contributed by atoms with Gasteiger partial charge in [0.25, 0.3) is 5.69 Å². The van der Waals surface area contributed by atoms with Gasteiger partial charge in [0.05, 0.1) is 4.92 Å². The molecule has 26 heavy (non-hydrogen) atoms. The first kappa shape index (κ1) is 20.2. The van der Waals surface area contributed by atoms with Gasteiger partial charge in [-0.3, -0.25) is 15.1 Å². The van der Waals surface area contributed by atoms with E-state index in [0.717, 1.165) is 31.0 Å². The summed E-state index contributed by atoms with van der Waals surface area (Å²) >= 11 is 0. The molecule has 0 aromatic heterocycles. The van der Waals surface area contributed by atoms with Gasteiger partial charge >= 0.3 is 0 Å². The minimum atomic E-state index is -0.385. The summed E-state index contributed by atoms with van der Waals surface area (Å²) in [5, 5.41) is 14.1. The zero-order valence-electron chi connectivity index (χ0n) is 14.7. The SMILES string of the molecule is CN=C(NCc1ccc([N+](=O)[O-])cc1)N1CCC(c2ccccc2)C1.I. The van der Waals surface area contributed by atoms with Crippen molar-refractivity contribution >= 4 is 35.6 Å². The minimum Gasteiger partial charge on any atom is -0.352 e. The molecule has 1 saturated heterocycles. The maximum absolute atomic E-state index is 10.7. The molecule has 0 bridgehead atoms. The molecule has 3 rings (SSSR count). The summed E-state index contributed by atoms with van der Waals surface area (Å²) in [5.41, 5.74) is 2.47. The lowest BCUT2D eigenvalue weighted by Gasteiger charge is -2.22. The van der Waals surface area contributed by atoms with Gasteiger partial charge in [0.2, 0.25) is 0 Å². The molecule has 138 valence electrons. The van der Waals surface area contributed by atoms with Crippen LogP contribution in [0.2, 0.25) is 0 Å². The molecule has 1 aliphatic rings. The monoisotopic (exact) mass is 466 g/mol. The summed E-state index contributed by atoms with van der Waals surface area (Å²) < 4.78 is 0. The van der Waals surface area contributed by atoms with E-state index in [2.05, 4.69) is 39.5 Å². The Morgan fingerprint density at radius 2 is 1.92 bits per heavy atom. The number of nitro benzene ring substituents is 1. The molecule has 0 aliphatic carbocycles. The average molecular weight is 466 g/mol. The quantitative estimate of drug-likeness (QED) is 0.245. The normalized spacial score (nSPS) is 16.9. The number of likely N-dealkylation sites (tertiary alicyclic amines) is 1. The lowest BCUT2D eigenvalue weighted by molar-refractivity contribution is -0.384. The van der Waals surface area contributed by atoms with Crippen LogP contribution in [0.3, 0.4) is 0 Å². The van der Waals surface area contributed by atoms with Gasteiger partial charge in [-0.05, 0) is 17.5 Å². The molecular weight excluding hydrogens is 443 g/mol. The molecule has 0 radical (unpaired) electrons. The number of non-ortho nitro benzene ring substituents is 1. The summed E-state index contributed by atoms with van der Waals surface area (Å²) in [7, 11) is 1.79. The topological polar surface area (TPSA) is 70.8 Å². The van der Waals surface area contributed by atoms with Crippen LogP contribution >= 0.6 is 24.0 Å². The predicted octanol–water partition coefficient (Wildman–Crippen LogP) is 3.78. The van der Waals surface area contributed by atoms with E-state index in [4.69, 9.17) is 0 Å². The molecule has 1 heterocycles. The molecule has 2 aromatic rings. The van der Waals surface area contributed by atoms with Crippen molar-refractivity contribution in [1.82, 2.24) is 10.2 Å². The fraction of sp³-hybridized carbons (Fsp3) is 0.316. The Kier molecular flexibility index (Phi) is 7.38. The average Bonchev–Trinajstić information content (AvgIpc) is 3.13. The number of nitro groups is 1. The first-order valence-electron chi connectivity index (χ1n) is 8.41. The predicted molar refractivity (Wildman–Crippen MR) is 114 cm³/mol. The van der Waals surface area contributed by atoms with Gasteiger partial charge in [0.15, 0.2) is 5.96 Å². The van der Waals surface area contributed by atoms with E-state index in [9.17, 15) is 10.1 Å². The Morgan fingerprint density at radius 1 is 1.23 bits per heavy atom. The van der Waals surface area contributed by atoms with E-state index < -0.39 is 0 Å². The number of benzene rings is 2. The second-order valence-corrected chi connectivity index (χ2v) is 6.17. The summed E-state index contributed by atoms with van der Waals surface area (Å²) in [6.45, 7) is 2.51. The van der Waals surface area contributed by atoms with Crippen LogP contribution in [0, 0.1) is 10.1 Å². The van der Waals surface area contributed by atoms with Gasteiger partial charge in [0.1, 0.15) is 0 Å². The van der Waals surface area contributed by atoms with Crippen molar-refractivity contribution in [2.75, 3.05) is 20.1 Å². The Balaban J connectivity index is 0.00000243. The molecule has 1 atom stereocenters. The van der Waals surface area contributed by atoms with Crippen molar-refractivity contribution in [3.63, 3.8) is 0 Å². The van der Waals surface area contributed by atoms with Gasteiger partial charge in [-0.25, -0.2) is 0 Å². The number of aliphatic imine (C=N–C) groups is 1. The van der Waals surface area contributed by atoms with E-state index in [1.54, 1.807) is 19.2 Å². The van der Waals surface area contributed by atoms with Crippen molar-refractivity contribution < 1.29 is 4.92 Å². The molecule has 7 heteroatoms. The fourth-order valence-electron chi connectivity index (χ4n) is 3.20. The Hall–Kier alpha value is -2.16. The van der Waals surface area contributed by atoms with Crippen LogP contribution in [0.5, 0.6) is 0 Å². The molecule has 2 aromatic carbocycles. The smallest absolute Gasteiger partial charge is 0.269 e. The van der Waals surface area contributed by atoms with Crippen LogP contribution in [-0.4, -0.2) is 35.9 Å². The van der Waals surface area contributed by atoms with Crippen LogP contribution in [-0.2, 0) is 6.54 Å². The number of rotatable bonds is 4. The summed E-state index contributed by atoms with van der Waals surface area (Å²) in [5.74, 6) is 1.40. The van der Waals surface area contributed by atoms with Crippen molar-refractivity contribution in [3.05, 3.63) is 75.8 Å². The maximum atomic E-state index is 10.7. The molecule has 0 saturated carbocycles. The number of hydrogen-bond donors (Lipinski definition) is 1. The van der Waals surface area contributed by atoms with Gasteiger partial charge < -0.3 is 10.2 Å². The third-order valence-electron chi connectivity index (χ3n) is 4.57. The number of halogens is 1. The lowest BCUT2D eigenvalue weighted by Crippen LogP contribution is -2.39. The van der Waals surface area contributed by atoms with Gasteiger partial charge in [0, 0.05) is 44.7 Å². The van der Waals surface area contributed by atoms with Gasteiger partial charge in [-0.2, -0.15) is 0 Å². The van der Waals surface area contributed by atoms with Crippen molar-refractivity contribution in [2.45, 2.75) is 18.9 Å². The van der Waals surface area contributed by atoms with Crippen LogP contribution in [0.4, 0.5) is 5.69 Å². The zero-order valence-corrected chi connectivity index (χ0v) is 17.0. The third-order valence-corrected chi connectivity index (χ3v) is 4.57. The number of nitrogens with one attached hydrogen (secondary N) is 1. The molecule has 1 N–H and O–H groups in total. The lowest BCUT2D eigenvalue weighted by atomic mass is 9.99. The molecule has 1 aliphatic heterocycles. The summed E-state index contributed by atoms with van der Waals surface area (Å²) in [6.07, 6.45) is 1.11. The molecule has 0 amide bonds. The second-order valence-electron chi connectivity index (χ2n) is 6.17. The maximum Gasteiger partial charge on any atom is 0.269 e. The fourth-order valence-corrected chi connectivity index (χ4v) is 3.20. The van der Waals surface area contributed by atoms with E-state index in [1.807, 2.05) is 6.07 Å². The molecule has 1 fully saturated rings. The van der Waals surface area contributed by atoms with E-state index in [0.29, 0.717) is 12.5 Å². The largest absolute Gasteiger partial charge is 0.352 e. The van der Waals surface area contributed by atoms with Crippen LogP contribution in [0.1, 0.15) is 23.5 Å². The van der Waals surface area contributed by atoms with E-state index in [-0.39, 0.29) is 34.6 Å². The summed E-state index contributed by atoms with van der Waals surface area (Å²) in [4.78, 5) is 17.0. The van der Waals surface area contributed by atoms with Gasteiger partial charge in [-0.15, -0.1) is 24.0 Å².